The van der Waals surface area contributed by atoms with E-state index in [1.807, 2.05) is 30.0 Å². The molecule has 3 rings (SSSR count). The normalized spacial score (nSPS) is 18.9. The minimum atomic E-state index is -0.00604. The molecular weight excluding hydrogens is 256 g/mol. The van der Waals surface area contributed by atoms with Gasteiger partial charge in [-0.3, -0.25) is 4.79 Å². The van der Waals surface area contributed by atoms with Crippen LogP contribution < -0.4 is 14.8 Å². The molecule has 1 atom stereocenters. The standard InChI is InChI=1S/C15H20N2O3/c1-11(15(18)17-6-4-16-5-7-17)8-12-2-3-13-14(9-12)20-10-19-13/h2-3,9,11,16H,4-8,10H2,1H3. The molecule has 0 aliphatic carbocycles. The summed E-state index contributed by atoms with van der Waals surface area (Å²) in [5, 5.41) is 3.26. The minimum Gasteiger partial charge on any atom is -0.454 e. The van der Waals surface area contributed by atoms with Crippen molar-refractivity contribution in [3.8, 4) is 11.5 Å². The fraction of sp³-hybridized carbons (Fsp3) is 0.533. The van der Waals surface area contributed by atoms with Crippen LogP contribution in [0.15, 0.2) is 18.2 Å². The van der Waals surface area contributed by atoms with Crippen molar-refractivity contribution >= 4 is 5.91 Å². The Hall–Kier alpha value is -1.75. The Labute approximate surface area is 118 Å². The predicted octanol–water partition coefficient (Wildman–Crippen LogP) is 1.03. The van der Waals surface area contributed by atoms with Gasteiger partial charge in [0.25, 0.3) is 0 Å². The SMILES string of the molecule is CC(Cc1ccc2c(c1)OCO2)C(=O)N1CCNCC1. The van der Waals surface area contributed by atoms with Crippen LogP contribution in [-0.4, -0.2) is 43.8 Å². The zero-order chi connectivity index (χ0) is 13.9. The molecule has 1 amide bonds. The van der Waals surface area contributed by atoms with Crippen LogP contribution in [0.1, 0.15) is 12.5 Å². The molecule has 1 aromatic rings. The van der Waals surface area contributed by atoms with Crippen molar-refractivity contribution in [2.75, 3.05) is 33.0 Å². The highest BCUT2D eigenvalue weighted by Crippen LogP contribution is 2.33. The first-order valence-corrected chi connectivity index (χ1v) is 7.12. The van der Waals surface area contributed by atoms with Crippen molar-refractivity contribution in [2.24, 2.45) is 5.92 Å². The van der Waals surface area contributed by atoms with Gasteiger partial charge in [-0.25, -0.2) is 0 Å². The van der Waals surface area contributed by atoms with Crippen LogP contribution in [0.25, 0.3) is 0 Å². The van der Waals surface area contributed by atoms with Gasteiger partial charge in [0.05, 0.1) is 0 Å². The lowest BCUT2D eigenvalue weighted by Gasteiger charge is -2.29. The van der Waals surface area contributed by atoms with E-state index in [0.29, 0.717) is 0 Å². The lowest BCUT2D eigenvalue weighted by atomic mass is 9.99. The van der Waals surface area contributed by atoms with Gasteiger partial charge in [-0.05, 0) is 24.1 Å². The number of rotatable bonds is 3. The number of hydrogen-bond acceptors (Lipinski definition) is 4. The van der Waals surface area contributed by atoms with Crippen LogP contribution in [0.2, 0.25) is 0 Å². The van der Waals surface area contributed by atoms with Crippen molar-refractivity contribution in [3.05, 3.63) is 23.8 Å². The first-order valence-electron chi connectivity index (χ1n) is 7.12. The predicted molar refractivity (Wildman–Crippen MR) is 74.9 cm³/mol. The van der Waals surface area contributed by atoms with Crippen LogP contribution in [-0.2, 0) is 11.2 Å². The topological polar surface area (TPSA) is 50.8 Å². The number of carbonyl (C=O) groups excluding carboxylic acids is 1. The Bertz CT molecular complexity index is 498. The Kier molecular flexibility index (Phi) is 3.78. The maximum absolute atomic E-state index is 12.4. The van der Waals surface area contributed by atoms with Crippen LogP contribution in [0.3, 0.4) is 0 Å². The lowest BCUT2D eigenvalue weighted by molar-refractivity contribution is -0.135. The first kappa shape index (κ1) is 13.2. The summed E-state index contributed by atoms with van der Waals surface area (Å²) in [5.41, 5.74) is 1.12. The second kappa shape index (κ2) is 5.71. The summed E-state index contributed by atoms with van der Waals surface area (Å²) in [4.78, 5) is 14.3. The molecule has 20 heavy (non-hydrogen) atoms. The fourth-order valence-electron chi connectivity index (χ4n) is 2.71. The Morgan fingerprint density at radius 1 is 1.30 bits per heavy atom. The minimum absolute atomic E-state index is 0.00604. The highest BCUT2D eigenvalue weighted by molar-refractivity contribution is 5.79. The van der Waals surface area contributed by atoms with E-state index in [9.17, 15) is 4.79 Å². The summed E-state index contributed by atoms with van der Waals surface area (Å²) in [7, 11) is 0. The van der Waals surface area contributed by atoms with Crippen LogP contribution in [0, 0.1) is 5.92 Å². The molecule has 0 bridgehead atoms. The van der Waals surface area contributed by atoms with Gasteiger partial charge < -0.3 is 19.7 Å². The highest BCUT2D eigenvalue weighted by Gasteiger charge is 2.23. The van der Waals surface area contributed by atoms with E-state index in [-0.39, 0.29) is 18.6 Å². The average Bonchev–Trinajstić information content (AvgIpc) is 2.95. The summed E-state index contributed by atoms with van der Waals surface area (Å²) < 4.78 is 10.7. The van der Waals surface area contributed by atoms with Crippen molar-refractivity contribution in [1.29, 1.82) is 0 Å². The number of piperazine rings is 1. The summed E-state index contributed by atoms with van der Waals surface area (Å²) in [5.74, 6) is 1.80. The van der Waals surface area contributed by atoms with Crippen molar-refractivity contribution in [3.63, 3.8) is 0 Å². The smallest absolute Gasteiger partial charge is 0.231 e. The lowest BCUT2D eigenvalue weighted by Crippen LogP contribution is -2.48. The van der Waals surface area contributed by atoms with E-state index in [0.717, 1.165) is 49.7 Å². The fourth-order valence-corrected chi connectivity index (χ4v) is 2.71. The molecule has 2 aliphatic rings. The van der Waals surface area contributed by atoms with E-state index in [1.54, 1.807) is 0 Å². The Balaban J connectivity index is 1.63. The molecule has 108 valence electrons. The number of ether oxygens (including phenoxy) is 2. The van der Waals surface area contributed by atoms with E-state index < -0.39 is 0 Å². The van der Waals surface area contributed by atoms with E-state index in [4.69, 9.17) is 9.47 Å². The van der Waals surface area contributed by atoms with Crippen LogP contribution >= 0.6 is 0 Å². The molecule has 1 N–H and O–H groups in total. The molecule has 2 heterocycles. The number of fused-ring (bicyclic) bond motifs is 1. The van der Waals surface area contributed by atoms with Gasteiger partial charge in [0.15, 0.2) is 11.5 Å². The van der Waals surface area contributed by atoms with E-state index >= 15 is 0 Å². The van der Waals surface area contributed by atoms with Gasteiger partial charge in [-0.2, -0.15) is 0 Å². The molecule has 1 unspecified atom stereocenters. The van der Waals surface area contributed by atoms with Crippen molar-refractivity contribution < 1.29 is 14.3 Å². The number of amides is 1. The summed E-state index contributed by atoms with van der Waals surface area (Å²) in [6.45, 7) is 5.68. The highest BCUT2D eigenvalue weighted by atomic mass is 16.7. The van der Waals surface area contributed by atoms with Gasteiger partial charge in [-0.1, -0.05) is 13.0 Å². The molecule has 0 spiro atoms. The van der Waals surface area contributed by atoms with Gasteiger partial charge in [-0.15, -0.1) is 0 Å². The summed E-state index contributed by atoms with van der Waals surface area (Å²) in [6, 6.07) is 5.90. The quantitative estimate of drug-likeness (QED) is 0.896. The second-order valence-electron chi connectivity index (χ2n) is 5.37. The third-order valence-corrected chi connectivity index (χ3v) is 3.83. The number of nitrogens with zero attached hydrogens (tertiary/aromatic N) is 1. The molecule has 1 saturated heterocycles. The maximum atomic E-state index is 12.4. The molecule has 5 nitrogen and oxygen atoms in total. The molecule has 1 fully saturated rings. The van der Waals surface area contributed by atoms with Gasteiger partial charge in [0.2, 0.25) is 12.7 Å². The van der Waals surface area contributed by atoms with Crippen LogP contribution in [0.4, 0.5) is 0 Å². The average molecular weight is 276 g/mol. The number of hydrogen-bond donors (Lipinski definition) is 1. The third-order valence-electron chi connectivity index (χ3n) is 3.83. The molecule has 0 aromatic heterocycles. The largest absolute Gasteiger partial charge is 0.454 e. The number of carbonyl (C=O) groups is 1. The summed E-state index contributed by atoms with van der Waals surface area (Å²) >= 11 is 0. The zero-order valence-corrected chi connectivity index (χ0v) is 11.7. The second-order valence-corrected chi connectivity index (χ2v) is 5.37. The molecule has 1 aromatic carbocycles. The maximum Gasteiger partial charge on any atom is 0.231 e. The number of nitrogens with one attached hydrogen (secondary N) is 1. The van der Waals surface area contributed by atoms with Gasteiger partial charge >= 0.3 is 0 Å². The molecular formula is C15H20N2O3. The number of benzene rings is 1. The molecule has 5 heteroatoms. The molecule has 0 saturated carbocycles. The van der Waals surface area contributed by atoms with Gasteiger partial charge in [0, 0.05) is 32.1 Å². The monoisotopic (exact) mass is 276 g/mol. The van der Waals surface area contributed by atoms with Crippen molar-refractivity contribution in [1.82, 2.24) is 10.2 Å². The van der Waals surface area contributed by atoms with E-state index in [2.05, 4.69) is 5.32 Å². The summed E-state index contributed by atoms with van der Waals surface area (Å²) in [6.07, 6.45) is 0.736. The van der Waals surface area contributed by atoms with Crippen LogP contribution in [0.5, 0.6) is 11.5 Å². The Morgan fingerprint density at radius 2 is 2.05 bits per heavy atom. The first-order chi connectivity index (χ1) is 9.74. The van der Waals surface area contributed by atoms with Crippen molar-refractivity contribution in [2.45, 2.75) is 13.3 Å². The molecule has 2 aliphatic heterocycles. The molecule has 0 radical (unpaired) electrons. The third kappa shape index (κ3) is 2.72. The van der Waals surface area contributed by atoms with E-state index in [1.165, 1.54) is 0 Å². The van der Waals surface area contributed by atoms with Gasteiger partial charge in [0.1, 0.15) is 0 Å². The Morgan fingerprint density at radius 3 is 2.85 bits per heavy atom. The zero-order valence-electron chi connectivity index (χ0n) is 11.7.